The number of nitrogens with two attached hydrogens (primary N) is 1. The number of hydrogen-bond donors (Lipinski definition) is 1. The molecule has 0 amide bonds. The summed E-state index contributed by atoms with van der Waals surface area (Å²) in [7, 11) is 0. The molecule has 2 N–H and O–H groups in total. The maximum absolute atomic E-state index is 5.77. The molecule has 88 valence electrons. The van der Waals surface area contributed by atoms with E-state index in [1.165, 1.54) is 24.0 Å². The van der Waals surface area contributed by atoms with Crippen LogP contribution in [0.15, 0.2) is 34.5 Å². The molecule has 1 aromatic rings. The molecular formula is C14H17N3. The third-order valence-electron chi connectivity index (χ3n) is 3.58. The highest BCUT2D eigenvalue weighted by molar-refractivity contribution is 6.05. The van der Waals surface area contributed by atoms with Gasteiger partial charge in [0.15, 0.2) is 0 Å². The van der Waals surface area contributed by atoms with Crippen LogP contribution in [-0.4, -0.2) is 11.5 Å². The van der Waals surface area contributed by atoms with Crippen LogP contribution >= 0.6 is 0 Å². The number of rotatable bonds is 2. The third kappa shape index (κ3) is 1.97. The van der Waals surface area contributed by atoms with Crippen molar-refractivity contribution in [2.75, 3.05) is 0 Å². The molecule has 0 radical (unpaired) electrons. The van der Waals surface area contributed by atoms with Crippen LogP contribution in [-0.2, 0) is 0 Å². The third-order valence-corrected chi connectivity index (χ3v) is 3.58. The summed E-state index contributed by atoms with van der Waals surface area (Å²) in [5, 5.41) is 8.35. The van der Waals surface area contributed by atoms with E-state index < -0.39 is 0 Å². The van der Waals surface area contributed by atoms with Crippen molar-refractivity contribution in [2.45, 2.75) is 32.1 Å². The van der Waals surface area contributed by atoms with Gasteiger partial charge in [-0.15, -0.1) is 5.10 Å². The Kier molecular flexibility index (Phi) is 2.46. The molecular weight excluding hydrogens is 210 g/mol. The van der Waals surface area contributed by atoms with Gasteiger partial charge in [-0.2, -0.15) is 5.10 Å². The lowest BCUT2D eigenvalue weighted by Gasteiger charge is -2.18. The van der Waals surface area contributed by atoms with E-state index in [9.17, 15) is 0 Å². The normalized spacial score (nSPS) is 24.2. The number of amidine groups is 1. The smallest absolute Gasteiger partial charge is 0.125 e. The maximum Gasteiger partial charge on any atom is 0.125 e. The fourth-order valence-corrected chi connectivity index (χ4v) is 2.33. The average Bonchev–Trinajstić information content (AvgIpc) is 3.17. The van der Waals surface area contributed by atoms with E-state index in [1.54, 1.807) is 0 Å². The van der Waals surface area contributed by atoms with E-state index in [4.69, 9.17) is 5.73 Å². The summed E-state index contributed by atoms with van der Waals surface area (Å²) in [6, 6.07) is 8.58. The standard InChI is InChI=1S/C14H17N3/c1-9-8-13(16-17-14(9)15)12-5-3-2-4-11(12)10-6-7-10/h2-5,9-10H,6-8H2,1H3,(H2,15,17). The summed E-state index contributed by atoms with van der Waals surface area (Å²) in [6.45, 7) is 2.10. The number of nitrogens with zero attached hydrogens (tertiary/aromatic N) is 2. The van der Waals surface area contributed by atoms with Gasteiger partial charge in [0.1, 0.15) is 5.84 Å². The SMILES string of the molecule is CC1CC(c2ccccc2C2CC2)=NN=C1N. The Hall–Kier alpha value is -1.64. The second kappa shape index (κ2) is 3.99. The number of hydrogen-bond acceptors (Lipinski definition) is 3. The molecule has 0 bridgehead atoms. The van der Waals surface area contributed by atoms with Gasteiger partial charge in [-0.25, -0.2) is 0 Å². The van der Waals surface area contributed by atoms with Gasteiger partial charge >= 0.3 is 0 Å². The Labute approximate surface area is 101 Å². The first-order valence-electron chi connectivity index (χ1n) is 6.25. The monoisotopic (exact) mass is 227 g/mol. The van der Waals surface area contributed by atoms with E-state index in [1.807, 2.05) is 0 Å². The Balaban J connectivity index is 1.99. The zero-order valence-corrected chi connectivity index (χ0v) is 10.1. The first-order chi connectivity index (χ1) is 8.25. The van der Waals surface area contributed by atoms with E-state index in [0.29, 0.717) is 11.8 Å². The molecule has 3 nitrogen and oxygen atoms in total. The molecule has 0 spiro atoms. The lowest BCUT2D eigenvalue weighted by molar-refractivity contribution is 0.778. The highest BCUT2D eigenvalue weighted by Crippen LogP contribution is 2.42. The summed E-state index contributed by atoms with van der Waals surface area (Å²) in [6.07, 6.45) is 3.52. The van der Waals surface area contributed by atoms with Gasteiger partial charge in [0.05, 0.1) is 5.71 Å². The second-order valence-corrected chi connectivity index (χ2v) is 5.04. The van der Waals surface area contributed by atoms with E-state index in [0.717, 1.165) is 18.1 Å². The summed E-state index contributed by atoms with van der Waals surface area (Å²) in [5.74, 6) is 1.69. The van der Waals surface area contributed by atoms with Gasteiger partial charge in [-0.3, -0.25) is 0 Å². The van der Waals surface area contributed by atoms with E-state index in [-0.39, 0.29) is 0 Å². The molecule has 3 heteroatoms. The Morgan fingerprint density at radius 1 is 1.18 bits per heavy atom. The zero-order chi connectivity index (χ0) is 11.8. The second-order valence-electron chi connectivity index (χ2n) is 5.04. The minimum Gasteiger partial charge on any atom is -0.385 e. The minimum atomic E-state index is 0.301. The molecule has 1 heterocycles. The van der Waals surface area contributed by atoms with Crippen molar-refractivity contribution in [3.63, 3.8) is 0 Å². The number of benzene rings is 1. The summed E-state index contributed by atoms with van der Waals surface area (Å²) in [5.41, 5.74) is 9.58. The van der Waals surface area contributed by atoms with Crippen LogP contribution in [0.4, 0.5) is 0 Å². The first-order valence-corrected chi connectivity index (χ1v) is 6.25. The van der Waals surface area contributed by atoms with Gasteiger partial charge in [-0.05, 0) is 24.3 Å². The predicted molar refractivity (Wildman–Crippen MR) is 70.4 cm³/mol. The van der Waals surface area contributed by atoms with Crippen molar-refractivity contribution in [1.82, 2.24) is 0 Å². The van der Waals surface area contributed by atoms with Crippen molar-refractivity contribution in [3.8, 4) is 0 Å². The van der Waals surface area contributed by atoms with Gasteiger partial charge in [0, 0.05) is 17.9 Å². The summed E-state index contributed by atoms with van der Waals surface area (Å²) >= 11 is 0. The Morgan fingerprint density at radius 2 is 1.94 bits per heavy atom. The molecule has 1 unspecified atom stereocenters. The topological polar surface area (TPSA) is 50.7 Å². The molecule has 0 aromatic heterocycles. The van der Waals surface area contributed by atoms with Gasteiger partial charge in [-0.1, -0.05) is 31.2 Å². The lowest BCUT2D eigenvalue weighted by atomic mass is 9.92. The van der Waals surface area contributed by atoms with E-state index in [2.05, 4.69) is 41.4 Å². The van der Waals surface area contributed by atoms with Crippen LogP contribution < -0.4 is 5.73 Å². The van der Waals surface area contributed by atoms with Crippen molar-refractivity contribution < 1.29 is 0 Å². The van der Waals surface area contributed by atoms with Crippen molar-refractivity contribution >= 4 is 11.5 Å². The maximum atomic E-state index is 5.77. The highest BCUT2D eigenvalue weighted by atomic mass is 15.2. The fraction of sp³-hybridized carbons (Fsp3) is 0.429. The van der Waals surface area contributed by atoms with Crippen LogP contribution in [0.1, 0.15) is 43.2 Å². The quantitative estimate of drug-likeness (QED) is 0.829. The minimum absolute atomic E-state index is 0.301. The van der Waals surface area contributed by atoms with Crippen molar-refractivity contribution in [1.29, 1.82) is 0 Å². The van der Waals surface area contributed by atoms with Crippen LogP contribution in [0.5, 0.6) is 0 Å². The Morgan fingerprint density at radius 3 is 2.65 bits per heavy atom. The van der Waals surface area contributed by atoms with Crippen LogP contribution in [0.25, 0.3) is 0 Å². The van der Waals surface area contributed by atoms with Crippen LogP contribution in [0.2, 0.25) is 0 Å². The van der Waals surface area contributed by atoms with Crippen LogP contribution in [0, 0.1) is 5.92 Å². The zero-order valence-electron chi connectivity index (χ0n) is 10.1. The lowest BCUT2D eigenvalue weighted by Crippen LogP contribution is -2.27. The molecule has 3 rings (SSSR count). The molecule has 1 aliphatic carbocycles. The average molecular weight is 227 g/mol. The van der Waals surface area contributed by atoms with Gasteiger partial charge in [0.2, 0.25) is 0 Å². The fourth-order valence-electron chi connectivity index (χ4n) is 2.33. The first kappa shape index (κ1) is 10.5. The Bertz CT molecular complexity index is 498. The molecule has 1 atom stereocenters. The molecule has 17 heavy (non-hydrogen) atoms. The summed E-state index contributed by atoms with van der Waals surface area (Å²) in [4.78, 5) is 0. The molecule has 0 saturated heterocycles. The molecule has 1 aromatic carbocycles. The van der Waals surface area contributed by atoms with Crippen molar-refractivity contribution in [3.05, 3.63) is 35.4 Å². The highest BCUT2D eigenvalue weighted by Gasteiger charge is 2.28. The van der Waals surface area contributed by atoms with Gasteiger partial charge in [0.25, 0.3) is 0 Å². The van der Waals surface area contributed by atoms with E-state index >= 15 is 0 Å². The van der Waals surface area contributed by atoms with Gasteiger partial charge < -0.3 is 5.73 Å². The molecule has 1 aliphatic heterocycles. The molecule has 1 fully saturated rings. The molecule has 2 aliphatic rings. The predicted octanol–water partition coefficient (Wildman–Crippen LogP) is 2.67. The summed E-state index contributed by atoms with van der Waals surface area (Å²) < 4.78 is 0. The van der Waals surface area contributed by atoms with Crippen LogP contribution in [0.3, 0.4) is 0 Å². The molecule has 1 saturated carbocycles. The largest absolute Gasteiger partial charge is 0.385 e. The van der Waals surface area contributed by atoms with Crippen molar-refractivity contribution in [2.24, 2.45) is 21.9 Å².